The van der Waals surface area contributed by atoms with Crippen molar-refractivity contribution in [3.05, 3.63) is 52.8 Å². The van der Waals surface area contributed by atoms with E-state index in [1.54, 1.807) is 14.0 Å². The van der Waals surface area contributed by atoms with Crippen molar-refractivity contribution in [2.24, 2.45) is 0 Å². The van der Waals surface area contributed by atoms with Crippen LogP contribution in [0.4, 0.5) is 4.79 Å². The van der Waals surface area contributed by atoms with Crippen molar-refractivity contribution in [3.63, 3.8) is 0 Å². The number of ether oxygens (including phenoxy) is 1. The second-order valence-electron chi connectivity index (χ2n) is 8.45. The Bertz CT molecular complexity index is 1040. The van der Waals surface area contributed by atoms with Crippen LogP contribution in [0.2, 0.25) is 0 Å². The normalized spacial score (nSPS) is 21.1. The Hall–Kier alpha value is -3.09. The van der Waals surface area contributed by atoms with Crippen molar-refractivity contribution in [3.8, 4) is 5.75 Å². The number of rotatable bonds is 7. The number of hydrogen-bond donors (Lipinski definition) is 1. The lowest BCUT2D eigenvalue weighted by Gasteiger charge is -2.22. The van der Waals surface area contributed by atoms with Crippen molar-refractivity contribution in [2.75, 3.05) is 13.7 Å². The number of carbonyl (C=O) groups excluding carboxylic acids is 3. The van der Waals surface area contributed by atoms with Gasteiger partial charge in [0, 0.05) is 29.4 Å². The highest BCUT2D eigenvalue weighted by Gasteiger charge is 2.48. The summed E-state index contributed by atoms with van der Waals surface area (Å²) in [5, 5.41) is 2.77. The van der Waals surface area contributed by atoms with Gasteiger partial charge in [0.25, 0.3) is 5.91 Å². The van der Waals surface area contributed by atoms with Crippen molar-refractivity contribution < 1.29 is 19.1 Å². The van der Waals surface area contributed by atoms with Crippen LogP contribution in [-0.4, -0.2) is 46.4 Å². The standard InChI is InChI=1S/C23H27N3O4/c1-14-11-18(15(2)26(14)17-9-10-17)19(27)13-25-21(28)23(3,24-22(25)29)12-16-7-5-6-8-20(16)30-4/h5-8,11,17H,9-10,12-13H2,1-4H3,(H,24,29)/t23-/m0/s1. The van der Waals surface area contributed by atoms with Crippen LogP contribution in [-0.2, 0) is 11.2 Å². The Labute approximate surface area is 176 Å². The lowest BCUT2D eigenvalue weighted by atomic mass is 9.92. The Balaban J connectivity index is 1.53. The number of para-hydroxylation sites is 1. The number of hydrogen-bond acceptors (Lipinski definition) is 4. The molecule has 4 rings (SSSR count). The van der Waals surface area contributed by atoms with E-state index in [-0.39, 0.29) is 18.7 Å². The molecule has 1 saturated carbocycles. The molecule has 2 heterocycles. The summed E-state index contributed by atoms with van der Waals surface area (Å²) in [4.78, 5) is 39.7. The fourth-order valence-corrected chi connectivity index (χ4v) is 4.42. The zero-order valence-electron chi connectivity index (χ0n) is 17.8. The summed E-state index contributed by atoms with van der Waals surface area (Å²) < 4.78 is 7.55. The first kappa shape index (κ1) is 20.2. The van der Waals surface area contributed by atoms with Crippen molar-refractivity contribution in [2.45, 2.75) is 51.6 Å². The van der Waals surface area contributed by atoms with Gasteiger partial charge < -0.3 is 14.6 Å². The van der Waals surface area contributed by atoms with Crippen molar-refractivity contribution in [1.82, 2.24) is 14.8 Å². The van der Waals surface area contributed by atoms with Gasteiger partial charge in [-0.05, 0) is 51.3 Å². The number of aryl methyl sites for hydroxylation is 1. The molecule has 1 aromatic heterocycles. The van der Waals surface area contributed by atoms with Crippen LogP contribution in [0.25, 0.3) is 0 Å². The molecule has 0 bridgehead atoms. The number of urea groups is 1. The highest BCUT2D eigenvalue weighted by atomic mass is 16.5. The SMILES string of the molecule is COc1ccccc1C[C@]1(C)NC(=O)N(CC(=O)c2cc(C)n(C3CC3)c2C)C1=O. The first-order chi connectivity index (χ1) is 14.2. The summed E-state index contributed by atoms with van der Waals surface area (Å²) in [6, 6.07) is 9.18. The number of ketones is 1. The monoisotopic (exact) mass is 409 g/mol. The molecular weight excluding hydrogens is 382 g/mol. The number of nitrogens with zero attached hydrogens (tertiary/aromatic N) is 2. The number of nitrogens with one attached hydrogen (secondary N) is 1. The van der Waals surface area contributed by atoms with Gasteiger partial charge in [0.1, 0.15) is 11.3 Å². The molecule has 2 aliphatic rings. The quantitative estimate of drug-likeness (QED) is 0.563. The highest BCUT2D eigenvalue weighted by Crippen LogP contribution is 2.38. The molecule has 2 aromatic rings. The molecule has 7 heteroatoms. The first-order valence-corrected chi connectivity index (χ1v) is 10.2. The molecule has 1 saturated heterocycles. The van der Waals surface area contributed by atoms with Crippen LogP contribution in [0.15, 0.2) is 30.3 Å². The zero-order valence-corrected chi connectivity index (χ0v) is 17.8. The molecule has 0 radical (unpaired) electrons. The van der Waals surface area contributed by atoms with Gasteiger partial charge in [-0.1, -0.05) is 18.2 Å². The Kier molecular flexibility index (Phi) is 4.92. The molecular formula is C23H27N3O4. The van der Waals surface area contributed by atoms with Crippen LogP contribution >= 0.6 is 0 Å². The largest absolute Gasteiger partial charge is 0.496 e. The molecule has 7 nitrogen and oxygen atoms in total. The van der Waals surface area contributed by atoms with E-state index in [0.717, 1.165) is 34.7 Å². The van der Waals surface area contributed by atoms with Gasteiger partial charge in [-0.2, -0.15) is 0 Å². The van der Waals surface area contributed by atoms with E-state index in [0.29, 0.717) is 17.4 Å². The van der Waals surface area contributed by atoms with E-state index < -0.39 is 17.5 Å². The summed E-state index contributed by atoms with van der Waals surface area (Å²) in [6.07, 6.45) is 2.53. The predicted octanol–water partition coefficient (Wildman–Crippen LogP) is 3.18. The van der Waals surface area contributed by atoms with E-state index in [1.165, 1.54) is 0 Å². The summed E-state index contributed by atoms with van der Waals surface area (Å²) in [7, 11) is 1.57. The predicted molar refractivity (Wildman–Crippen MR) is 112 cm³/mol. The molecule has 3 amide bonds. The minimum absolute atomic E-state index is 0.222. The molecule has 2 fully saturated rings. The van der Waals surface area contributed by atoms with Gasteiger partial charge in [0.15, 0.2) is 5.78 Å². The average molecular weight is 409 g/mol. The number of aromatic nitrogens is 1. The number of Topliss-reactive ketones (excluding diaryl/α,β-unsaturated/α-hetero) is 1. The van der Waals surface area contributed by atoms with Crippen molar-refractivity contribution in [1.29, 1.82) is 0 Å². The Morgan fingerprint density at radius 2 is 1.93 bits per heavy atom. The molecule has 1 aromatic carbocycles. The molecule has 1 aliphatic heterocycles. The third-order valence-electron chi connectivity index (χ3n) is 6.08. The van der Waals surface area contributed by atoms with E-state index in [2.05, 4.69) is 9.88 Å². The highest BCUT2D eigenvalue weighted by molar-refractivity contribution is 6.11. The second-order valence-corrected chi connectivity index (χ2v) is 8.45. The molecule has 30 heavy (non-hydrogen) atoms. The lowest BCUT2D eigenvalue weighted by molar-refractivity contribution is -0.130. The van der Waals surface area contributed by atoms with E-state index in [1.807, 2.05) is 44.2 Å². The summed E-state index contributed by atoms with van der Waals surface area (Å²) in [5.74, 6) is 0.0330. The van der Waals surface area contributed by atoms with Gasteiger partial charge in [-0.3, -0.25) is 14.5 Å². The van der Waals surface area contributed by atoms with E-state index in [4.69, 9.17) is 4.74 Å². The minimum Gasteiger partial charge on any atom is -0.496 e. The van der Waals surface area contributed by atoms with Crippen LogP contribution in [0, 0.1) is 13.8 Å². The minimum atomic E-state index is -1.13. The smallest absolute Gasteiger partial charge is 0.325 e. The average Bonchev–Trinajstić information content (AvgIpc) is 3.46. The fraction of sp³-hybridized carbons (Fsp3) is 0.435. The number of imide groups is 1. The van der Waals surface area contributed by atoms with E-state index in [9.17, 15) is 14.4 Å². The summed E-state index contributed by atoms with van der Waals surface area (Å²) in [5.41, 5.74) is 2.22. The van der Waals surface area contributed by atoms with Gasteiger partial charge in [0.05, 0.1) is 13.7 Å². The number of amides is 3. The summed E-state index contributed by atoms with van der Waals surface area (Å²) >= 11 is 0. The summed E-state index contributed by atoms with van der Waals surface area (Å²) in [6.45, 7) is 5.33. The van der Waals surface area contributed by atoms with Gasteiger partial charge in [-0.15, -0.1) is 0 Å². The van der Waals surface area contributed by atoms with Gasteiger partial charge in [0.2, 0.25) is 0 Å². The number of methoxy groups -OCH3 is 1. The maximum Gasteiger partial charge on any atom is 0.325 e. The van der Waals surface area contributed by atoms with Crippen LogP contribution < -0.4 is 10.1 Å². The third-order valence-corrected chi connectivity index (χ3v) is 6.08. The van der Waals surface area contributed by atoms with Gasteiger partial charge in [-0.25, -0.2) is 4.79 Å². The topological polar surface area (TPSA) is 80.6 Å². The lowest BCUT2D eigenvalue weighted by Crippen LogP contribution is -2.46. The molecule has 158 valence electrons. The van der Waals surface area contributed by atoms with Gasteiger partial charge >= 0.3 is 6.03 Å². The Morgan fingerprint density at radius 3 is 2.60 bits per heavy atom. The first-order valence-electron chi connectivity index (χ1n) is 10.2. The molecule has 0 unspecified atom stereocenters. The molecule has 1 atom stereocenters. The maximum absolute atomic E-state index is 13.1. The van der Waals surface area contributed by atoms with Crippen LogP contribution in [0.5, 0.6) is 5.75 Å². The number of benzene rings is 1. The third kappa shape index (κ3) is 3.38. The fourth-order valence-electron chi connectivity index (χ4n) is 4.42. The maximum atomic E-state index is 13.1. The molecule has 0 spiro atoms. The van der Waals surface area contributed by atoms with E-state index >= 15 is 0 Å². The molecule has 1 N–H and O–H groups in total. The molecule has 1 aliphatic carbocycles. The van der Waals surface area contributed by atoms with Crippen LogP contribution in [0.1, 0.15) is 53.1 Å². The Morgan fingerprint density at radius 1 is 1.23 bits per heavy atom. The second kappa shape index (κ2) is 7.31. The van der Waals surface area contributed by atoms with Crippen LogP contribution in [0.3, 0.4) is 0 Å². The zero-order chi connectivity index (χ0) is 21.6. The van der Waals surface area contributed by atoms with Crippen molar-refractivity contribution >= 4 is 17.7 Å². The number of carbonyl (C=O) groups is 3.